The average Bonchev–Trinajstić information content (AvgIpc) is 2.81. The minimum Gasteiger partial charge on any atom is -0.394 e. The van der Waals surface area contributed by atoms with Crippen LogP contribution in [0.4, 0.5) is 0 Å². The van der Waals surface area contributed by atoms with E-state index in [9.17, 15) is 30.6 Å². The molecule has 1 heterocycles. The molecule has 2 saturated carbocycles. The molecule has 0 aromatic heterocycles. The molecule has 1 aliphatic heterocycles. The molecule has 8 nitrogen and oxygen atoms in total. The van der Waals surface area contributed by atoms with Crippen LogP contribution in [0.3, 0.4) is 0 Å². The van der Waals surface area contributed by atoms with E-state index in [-0.39, 0.29) is 22.9 Å². The van der Waals surface area contributed by atoms with E-state index in [1.165, 1.54) is 5.57 Å². The van der Waals surface area contributed by atoms with Crippen molar-refractivity contribution >= 4 is 0 Å². The van der Waals surface area contributed by atoms with Gasteiger partial charge in [0.05, 0.1) is 25.9 Å². The molecule has 0 spiro atoms. The number of ether oxygens (including phenoxy) is 2. The highest BCUT2D eigenvalue weighted by Gasteiger charge is 2.57. The van der Waals surface area contributed by atoms with E-state index >= 15 is 0 Å². The standard InChI is InChI=1S/C26H44O8/c1-24(19(29)13-28)10-7-16-15(11-24)5-6-18-25(2,8-4-9-26(16,18)3)14-33-23-22(32)21(31)20(30)17(12-27)34-23/h11,16-23,27-32H,4-10,12-14H2,1-3H3/t16-,17-,18-,19+,20-,21+,22-,23+,24+,25+,26+/m1/s1. The lowest BCUT2D eigenvalue weighted by Gasteiger charge is -2.60. The predicted molar refractivity (Wildman–Crippen MR) is 125 cm³/mol. The molecule has 0 unspecified atom stereocenters. The highest BCUT2D eigenvalue weighted by atomic mass is 16.7. The van der Waals surface area contributed by atoms with Crippen molar-refractivity contribution in [1.82, 2.24) is 0 Å². The number of allylic oxidation sites excluding steroid dienone is 1. The lowest BCUT2D eigenvalue weighted by atomic mass is 9.45. The molecule has 0 aromatic rings. The monoisotopic (exact) mass is 484 g/mol. The van der Waals surface area contributed by atoms with Crippen LogP contribution in [0.1, 0.15) is 65.7 Å². The molecular formula is C26H44O8. The molecule has 3 fully saturated rings. The molecule has 196 valence electrons. The predicted octanol–water partition coefficient (Wildman–Crippen LogP) is 1.11. The molecule has 1 saturated heterocycles. The van der Waals surface area contributed by atoms with Crippen molar-refractivity contribution in [1.29, 1.82) is 0 Å². The smallest absolute Gasteiger partial charge is 0.186 e. The zero-order valence-electron chi connectivity index (χ0n) is 20.8. The molecule has 0 amide bonds. The maximum atomic E-state index is 10.4. The van der Waals surface area contributed by atoms with Gasteiger partial charge in [-0.3, -0.25) is 0 Å². The first-order valence-electron chi connectivity index (χ1n) is 12.9. The molecule has 34 heavy (non-hydrogen) atoms. The first-order chi connectivity index (χ1) is 16.0. The summed E-state index contributed by atoms with van der Waals surface area (Å²) >= 11 is 0. The lowest BCUT2D eigenvalue weighted by Crippen LogP contribution is -2.60. The molecule has 4 aliphatic rings. The Balaban J connectivity index is 1.50. The maximum absolute atomic E-state index is 10.4. The van der Waals surface area contributed by atoms with Gasteiger partial charge < -0.3 is 40.1 Å². The zero-order valence-corrected chi connectivity index (χ0v) is 20.8. The Morgan fingerprint density at radius 1 is 1.03 bits per heavy atom. The van der Waals surface area contributed by atoms with E-state index in [4.69, 9.17) is 9.47 Å². The third-order valence-corrected chi connectivity index (χ3v) is 9.91. The molecule has 4 rings (SSSR count). The minimum atomic E-state index is -1.44. The fourth-order valence-electron chi connectivity index (χ4n) is 7.78. The Morgan fingerprint density at radius 3 is 2.44 bits per heavy atom. The molecular weight excluding hydrogens is 440 g/mol. The van der Waals surface area contributed by atoms with Crippen LogP contribution >= 0.6 is 0 Å². The first kappa shape index (κ1) is 26.5. The van der Waals surface area contributed by atoms with Crippen molar-refractivity contribution in [2.75, 3.05) is 19.8 Å². The summed E-state index contributed by atoms with van der Waals surface area (Å²) in [5, 5.41) is 60.0. The number of hydrogen-bond acceptors (Lipinski definition) is 8. The van der Waals surface area contributed by atoms with E-state index in [0.717, 1.165) is 44.9 Å². The fraction of sp³-hybridized carbons (Fsp3) is 0.923. The van der Waals surface area contributed by atoms with Gasteiger partial charge in [-0.05, 0) is 61.2 Å². The average molecular weight is 485 g/mol. The summed E-state index contributed by atoms with van der Waals surface area (Å²) in [5.41, 5.74) is 0.997. The Labute approximate surface area is 202 Å². The van der Waals surface area contributed by atoms with Gasteiger partial charge in [0.1, 0.15) is 24.4 Å². The van der Waals surface area contributed by atoms with Gasteiger partial charge in [0.15, 0.2) is 6.29 Å². The quantitative estimate of drug-likeness (QED) is 0.308. The lowest BCUT2D eigenvalue weighted by molar-refractivity contribution is -0.309. The second kappa shape index (κ2) is 9.71. The number of aliphatic hydroxyl groups excluding tert-OH is 6. The van der Waals surface area contributed by atoms with Crippen LogP contribution in [0.5, 0.6) is 0 Å². The molecule has 6 N–H and O–H groups in total. The van der Waals surface area contributed by atoms with E-state index in [1.54, 1.807) is 0 Å². The van der Waals surface area contributed by atoms with Crippen LogP contribution in [0.2, 0.25) is 0 Å². The van der Waals surface area contributed by atoms with E-state index in [1.807, 2.05) is 6.92 Å². The summed E-state index contributed by atoms with van der Waals surface area (Å²) in [5.74, 6) is 0.852. The summed E-state index contributed by atoms with van der Waals surface area (Å²) in [4.78, 5) is 0. The molecule has 0 bridgehead atoms. The van der Waals surface area contributed by atoms with Gasteiger partial charge in [-0.1, -0.05) is 38.8 Å². The second-order valence-electron chi connectivity index (χ2n) is 12.1. The SMILES string of the molecule is C[C@@]1(CO[C@H]2O[C@H](CO)[C@@H](O)[C@H](O)[C@H]2O)CCC[C@@]2(C)[C@@H]3CC[C@](C)([C@@H](O)CO)C=C3CC[C@H]12. The highest BCUT2D eigenvalue weighted by molar-refractivity contribution is 5.25. The van der Waals surface area contributed by atoms with E-state index < -0.39 is 43.4 Å². The largest absolute Gasteiger partial charge is 0.394 e. The van der Waals surface area contributed by atoms with Gasteiger partial charge in [-0.15, -0.1) is 0 Å². The fourth-order valence-corrected chi connectivity index (χ4v) is 7.78. The summed E-state index contributed by atoms with van der Waals surface area (Å²) in [7, 11) is 0. The molecule has 3 aliphatic carbocycles. The van der Waals surface area contributed by atoms with E-state index in [2.05, 4.69) is 19.9 Å². The maximum Gasteiger partial charge on any atom is 0.186 e. The summed E-state index contributed by atoms with van der Waals surface area (Å²) < 4.78 is 11.7. The van der Waals surface area contributed by atoms with Crippen molar-refractivity contribution in [3.8, 4) is 0 Å². The van der Waals surface area contributed by atoms with Crippen molar-refractivity contribution in [2.24, 2.45) is 28.1 Å². The first-order valence-corrected chi connectivity index (χ1v) is 12.9. The van der Waals surface area contributed by atoms with Crippen molar-refractivity contribution in [3.63, 3.8) is 0 Å². The topological polar surface area (TPSA) is 140 Å². The zero-order chi connectivity index (χ0) is 24.9. The third kappa shape index (κ3) is 4.39. The van der Waals surface area contributed by atoms with Gasteiger partial charge in [0.25, 0.3) is 0 Å². The van der Waals surface area contributed by atoms with E-state index in [0.29, 0.717) is 18.4 Å². The molecule has 11 atom stereocenters. The Hall–Kier alpha value is -0.580. The van der Waals surface area contributed by atoms with Crippen LogP contribution in [0, 0.1) is 28.1 Å². The van der Waals surface area contributed by atoms with Crippen molar-refractivity contribution < 1.29 is 40.1 Å². The summed E-state index contributed by atoms with van der Waals surface area (Å²) in [6.45, 7) is 6.36. The number of fused-ring (bicyclic) bond motifs is 3. The van der Waals surface area contributed by atoms with Gasteiger partial charge in [-0.2, -0.15) is 0 Å². The van der Waals surface area contributed by atoms with Crippen molar-refractivity contribution in [2.45, 2.75) is 103 Å². The Bertz CT molecular complexity index is 757. The Kier molecular flexibility index (Phi) is 7.56. The summed E-state index contributed by atoms with van der Waals surface area (Å²) in [6.07, 6.45) is 2.25. The third-order valence-electron chi connectivity index (χ3n) is 9.91. The van der Waals surface area contributed by atoms with Crippen molar-refractivity contribution in [3.05, 3.63) is 11.6 Å². The second-order valence-corrected chi connectivity index (χ2v) is 12.1. The van der Waals surface area contributed by atoms with Gasteiger partial charge in [0, 0.05) is 5.41 Å². The number of aliphatic hydroxyl groups is 6. The van der Waals surface area contributed by atoms with Gasteiger partial charge >= 0.3 is 0 Å². The van der Waals surface area contributed by atoms with Crippen LogP contribution in [0.15, 0.2) is 11.6 Å². The number of hydrogen-bond donors (Lipinski definition) is 6. The normalized spacial score (nSPS) is 50.1. The van der Waals surface area contributed by atoms with Crippen LogP contribution in [-0.4, -0.2) is 87.3 Å². The minimum absolute atomic E-state index is 0.0985. The van der Waals surface area contributed by atoms with Gasteiger partial charge in [-0.25, -0.2) is 0 Å². The summed E-state index contributed by atoms with van der Waals surface area (Å²) in [6, 6.07) is 0. The van der Waals surface area contributed by atoms with Gasteiger partial charge in [0.2, 0.25) is 0 Å². The Morgan fingerprint density at radius 2 is 1.76 bits per heavy atom. The van der Waals surface area contributed by atoms with Crippen LogP contribution in [-0.2, 0) is 9.47 Å². The molecule has 0 radical (unpaired) electrons. The molecule has 8 heteroatoms. The number of rotatable bonds is 6. The highest BCUT2D eigenvalue weighted by Crippen LogP contribution is 2.64. The molecule has 0 aromatic carbocycles. The van der Waals surface area contributed by atoms with Crippen LogP contribution in [0.25, 0.3) is 0 Å². The van der Waals surface area contributed by atoms with Crippen LogP contribution < -0.4 is 0 Å².